The first-order chi connectivity index (χ1) is 5.57. The van der Waals surface area contributed by atoms with Crippen molar-refractivity contribution in [2.24, 2.45) is 0 Å². The van der Waals surface area contributed by atoms with Gasteiger partial charge in [-0.05, 0) is 6.42 Å². The van der Waals surface area contributed by atoms with E-state index in [1.807, 2.05) is 6.92 Å². The lowest BCUT2D eigenvalue weighted by Gasteiger charge is -2.10. The summed E-state index contributed by atoms with van der Waals surface area (Å²) < 4.78 is 0. The zero-order valence-electron chi connectivity index (χ0n) is 6.91. The van der Waals surface area contributed by atoms with Gasteiger partial charge in [0.2, 0.25) is 0 Å². The molecule has 0 spiro atoms. The molecule has 0 fully saturated rings. The summed E-state index contributed by atoms with van der Waals surface area (Å²) in [5.41, 5.74) is 0. The van der Waals surface area contributed by atoms with Crippen LogP contribution < -0.4 is 5.32 Å². The molecular formula is C7H13NO4. The molecule has 12 heavy (non-hydrogen) atoms. The van der Waals surface area contributed by atoms with Gasteiger partial charge in [0.15, 0.2) is 0 Å². The van der Waals surface area contributed by atoms with Crippen molar-refractivity contribution < 1.29 is 19.8 Å². The summed E-state index contributed by atoms with van der Waals surface area (Å²) in [5.74, 6) is -2.05. The van der Waals surface area contributed by atoms with Crippen molar-refractivity contribution >= 4 is 11.9 Å². The van der Waals surface area contributed by atoms with Crippen molar-refractivity contribution in [3.63, 3.8) is 0 Å². The van der Waals surface area contributed by atoms with E-state index < -0.39 is 18.0 Å². The smallest absolute Gasteiger partial charge is 0.320 e. The second kappa shape index (κ2) is 5.54. The van der Waals surface area contributed by atoms with Crippen molar-refractivity contribution in [2.75, 3.05) is 6.54 Å². The quantitative estimate of drug-likeness (QED) is 0.525. The van der Waals surface area contributed by atoms with Crippen LogP contribution in [0.25, 0.3) is 0 Å². The summed E-state index contributed by atoms with van der Waals surface area (Å²) >= 11 is 0. The van der Waals surface area contributed by atoms with Crippen LogP contribution >= 0.6 is 0 Å². The molecule has 0 aliphatic heterocycles. The van der Waals surface area contributed by atoms with E-state index in [2.05, 4.69) is 5.32 Å². The molecule has 0 aliphatic rings. The monoisotopic (exact) mass is 175 g/mol. The molecule has 0 heterocycles. The van der Waals surface area contributed by atoms with Crippen LogP contribution in [0.2, 0.25) is 0 Å². The van der Waals surface area contributed by atoms with E-state index in [0.29, 0.717) is 12.8 Å². The number of hydrogen-bond acceptors (Lipinski definition) is 3. The minimum atomic E-state index is -1.04. The average Bonchev–Trinajstić information content (AvgIpc) is 1.96. The third kappa shape index (κ3) is 4.68. The van der Waals surface area contributed by atoms with Crippen LogP contribution in [0.4, 0.5) is 0 Å². The minimum Gasteiger partial charge on any atom is -0.480 e. The van der Waals surface area contributed by atoms with Gasteiger partial charge in [-0.2, -0.15) is 0 Å². The largest absolute Gasteiger partial charge is 0.480 e. The van der Waals surface area contributed by atoms with E-state index in [1.165, 1.54) is 0 Å². The highest BCUT2D eigenvalue weighted by Gasteiger charge is 2.15. The number of carboxylic acid groups (broad SMARTS) is 2. The van der Waals surface area contributed by atoms with Gasteiger partial charge in [-0.15, -0.1) is 0 Å². The summed E-state index contributed by atoms with van der Waals surface area (Å²) in [6.07, 6.45) is 1.16. The average molecular weight is 175 g/mol. The highest BCUT2D eigenvalue weighted by molar-refractivity contribution is 5.75. The third-order valence-electron chi connectivity index (χ3n) is 1.38. The van der Waals surface area contributed by atoms with Gasteiger partial charge in [0, 0.05) is 0 Å². The van der Waals surface area contributed by atoms with Crippen LogP contribution in [0.1, 0.15) is 19.8 Å². The first kappa shape index (κ1) is 10.9. The molecule has 0 saturated heterocycles. The Balaban J connectivity index is 3.79. The molecule has 0 aliphatic carbocycles. The second-order valence-electron chi connectivity index (χ2n) is 2.45. The van der Waals surface area contributed by atoms with Crippen LogP contribution in [0.5, 0.6) is 0 Å². The molecule has 0 amide bonds. The SMILES string of the molecule is CCCC(NCC(=O)O)C(=O)O. The lowest BCUT2D eigenvalue weighted by Crippen LogP contribution is -2.39. The van der Waals surface area contributed by atoms with Crippen LogP contribution in [0.3, 0.4) is 0 Å². The van der Waals surface area contributed by atoms with Gasteiger partial charge >= 0.3 is 11.9 Å². The topological polar surface area (TPSA) is 86.6 Å². The number of carbonyl (C=O) groups is 2. The van der Waals surface area contributed by atoms with Crippen LogP contribution in [0, 0.1) is 0 Å². The summed E-state index contributed by atoms with van der Waals surface area (Å²) in [6, 6.07) is -0.744. The van der Waals surface area contributed by atoms with E-state index in [4.69, 9.17) is 10.2 Å². The molecule has 3 N–H and O–H groups in total. The first-order valence-corrected chi connectivity index (χ1v) is 3.76. The maximum Gasteiger partial charge on any atom is 0.320 e. The first-order valence-electron chi connectivity index (χ1n) is 3.76. The van der Waals surface area contributed by atoms with Crippen LogP contribution in [0.15, 0.2) is 0 Å². The maximum atomic E-state index is 10.4. The minimum absolute atomic E-state index is 0.309. The number of rotatable bonds is 6. The van der Waals surface area contributed by atoms with Crippen LogP contribution in [-0.2, 0) is 9.59 Å². The Hall–Kier alpha value is -1.10. The highest BCUT2D eigenvalue weighted by Crippen LogP contribution is 1.95. The molecule has 0 aromatic heterocycles. The predicted molar refractivity (Wildman–Crippen MR) is 42.0 cm³/mol. The molecule has 1 unspecified atom stereocenters. The van der Waals surface area contributed by atoms with E-state index in [-0.39, 0.29) is 6.54 Å². The van der Waals surface area contributed by atoms with E-state index in [0.717, 1.165) is 0 Å². The number of hydrogen-bond donors (Lipinski definition) is 3. The van der Waals surface area contributed by atoms with Gasteiger partial charge in [0.1, 0.15) is 6.04 Å². The maximum absolute atomic E-state index is 10.4. The Bertz CT molecular complexity index is 169. The summed E-state index contributed by atoms with van der Waals surface area (Å²) in [6.45, 7) is 1.54. The molecule has 1 atom stereocenters. The molecule has 0 saturated carbocycles. The Morgan fingerprint density at radius 3 is 2.33 bits per heavy atom. The third-order valence-corrected chi connectivity index (χ3v) is 1.38. The van der Waals surface area contributed by atoms with Gasteiger partial charge in [0.05, 0.1) is 6.54 Å². The fraction of sp³-hybridized carbons (Fsp3) is 0.714. The van der Waals surface area contributed by atoms with Gasteiger partial charge in [-0.3, -0.25) is 14.9 Å². The molecule has 0 rings (SSSR count). The molecule has 0 aromatic carbocycles. The van der Waals surface area contributed by atoms with Crippen molar-refractivity contribution in [2.45, 2.75) is 25.8 Å². The van der Waals surface area contributed by atoms with Crippen molar-refractivity contribution in [1.29, 1.82) is 0 Å². The van der Waals surface area contributed by atoms with Gasteiger partial charge < -0.3 is 10.2 Å². The van der Waals surface area contributed by atoms with E-state index >= 15 is 0 Å². The molecule has 0 radical (unpaired) electrons. The van der Waals surface area contributed by atoms with Crippen LogP contribution in [-0.4, -0.2) is 34.7 Å². The van der Waals surface area contributed by atoms with Gasteiger partial charge in [0.25, 0.3) is 0 Å². The Morgan fingerprint density at radius 2 is 2.00 bits per heavy atom. The lowest BCUT2D eigenvalue weighted by atomic mass is 10.2. The lowest BCUT2D eigenvalue weighted by molar-refractivity contribution is -0.140. The molecular weight excluding hydrogens is 162 g/mol. The molecule has 0 aromatic rings. The fourth-order valence-corrected chi connectivity index (χ4v) is 0.812. The summed E-state index contributed by atoms with van der Waals surface area (Å²) in [5, 5.41) is 19.2. The van der Waals surface area contributed by atoms with Crippen molar-refractivity contribution in [3.8, 4) is 0 Å². The molecule has 70 valence electrons. The fourth-order valence-electron chi connectivity index (χ4n) is 0.812. The predicted octanol–water partition coefficient (Wildman–Crippen LogP) is -0.0861. The zero-order valence-corrected chi connectivity index (χ0v) is 6.91. The molecule has 5 nitrogen and oxygen atoms in total. The van der Waals surface area contributed by atoms with Gasteiger partial charge in [-0.25, -0.2) is 0 Å². The van der Waals surface area contributed by atoms with Crippen molar-refractivity contribution in [1.82, 2.24) is 5.32 Å². The zero-order chi connectivity index (χ0) is 9.56. The second-order valence-corrected chi connectivity index (χ2v) is 2.45. The standard InChI is InChI=1S/C7H13NO4/c1-2-3-5(7(11)12)8-4-6(9)10/h5,8H,2-4H2,1H3,(H,9,10)(H,11,12). The Kier molecular flexibility index (Phi) is 5.03. The normalized spacial score (nSPS) is 12.4. The number of aliphatic carboxylic acids is 2. The van der Waals surface area contributed by atoms with Crippen molar-refractivity contribution in [3.05, 3.63) is 0 Å². The van der Waals surface area contributed by atoms with Gasteiger partial charge in [-0.1, -0.05) is 13.3 Å². The van der Waals surface area contributed by atoms with E-state index in [1.54, 1.807) is 0 Å². The molecule has 0 bridgehead atoms. The Morgan fingerprint density at radius 1 is 1.42 bits per heavy atom. The highest BCUT2D eigenvalue weighted by atomic mass is 16.4. The summed E-state index contributed by atoms with van der Waals surface area (Å²) in [4.78, 5) is 20.5. The Labute approximate surface area is 70.4 Å². The summed E-state index contributed by atoms with van der Waals surface area (Å²) in [7, 11) is 0. The van der Waals surface area contributed by atoms with E-state index in [9.17, 15) is 9.59 Å². The number of carboxylic acids is 2. The molecule has 5 heteroatoms. The number of nitrogens with one attached hydrogen (secondary N) is 1.